The fourth-order valence-corrected chi connectivity index (χ4v) is 4.06. The molecule has 1 aromatic carbocycles. The Balaban J connectivity index is 2.20. The van der Waals surface area contributed by atoms with Crippen molar-refractivity contribution in [1.29, 1.82) is 0 Å². The second kappa shape index (κ2) is 5.67. The summed E-state index contributed by atoms with van der Waals surface area (Å²) in [6.07, 6.45) is 0.784. The van der Waals surface area contributed by atoms with Crippen LogP contribution in [-0.4, -0.2) is 37.0 Å². The average Bonchev–Trinajstić information content (AvgIpc) is 2.38. The van der Waals surface area contributed by atoms with E-state index in [1.807, 2.05) is 0 Å². The molecule has 20 heavy (non-hydrogen) atoms. The van der Waals surface area contributed by atoms with E-state index < -0.39 is 21.9 Å². The quantitative estimate of drug-likeness (QED) is 0.822. The zero-order chi connectivity index (χ0) is 14.9. The van der Waals surface area contributed by atoms with Crippen molar-refractivity contribution in [3.63, 3.8) is 0 Å². The van der Waals surface area contributed by atoms with Gasteiger partial charge in [0, 0.05) is 13.1 Å². The molecule has 1 saturated heterocycles. The number of halogens is 1. The van der Waals surface area contributed by atoms with Gasteiger partial charge in [-0.25, -0.2) is 12.8 Å². The third-order valence-corrected chi connectivity index (χ3v) is 5.74. The SMILES string of the molecule is CC(O)C1CCN(S(=O)(=O)c2ccc(F)cc2N)CC1. The summed E-state index contributed by atoms with van der Waals surface area (Å²) in [4.78, 5) is -0.0607. The molecule has 112 valence electrons. The van der Waals surface area contributed by atoms with Crippen LogP contribution in [-0.2, 0) is 10.0 Å². The number of nitrogens with two attached hydrogens (primary N) is 1. The van der Waals surface area contributed by atoms with Crippen molar-refractivity contribution in [1.82, 2.24) is 4.31 Å². The highest BCUT2D eigenvalue weighted by atomic mass is 32.2. The van der Waals surface area contributed by atoms with E-state index in [2.05, 4.69) is 0 Å². The van der Waals surface area contributed by atoms with Gasteiger partial charge in [0.05, 0.1) is 11.8 Å². The van der Waals surface area contributed by atoms with Crippen LogP contribution in [0.15, 0.2) is 23.1 Å². The number of aliphatic hydroxyl groups excluding tert-OH is 1. The number of nitrogen functional groups attached to an aromatic ring is 1. The first kappa shape index (κ1) is 15.2. The van der Waals surface area contributed by atoms with Crippen molar-refractivity contribution in [3.05, 3.63) is 24.0 Å². The van der Waals surface area contributed by atoms with E-state index in [0.29, 0.717) is 25.9 Å². The number of sulfonamides is 1. The van der Waals surface area contributed by atoms with Gasteiger partial charge in [0.1, 0.15) is 10.7 Å². The number of benzene rings is 1. The standard InChI is InChI=1S/C13H19FN2O3S/c1-9(17)10-4-6-16(7-5-10)20(18,19)13-3-2-11(14)8-12(13)15/h2-3,8-10,17H,4-7,15H2,1H3. The third-order valence-electron chi connectivity index (χ3n) is 3.77. The molecule has 5 nitrogen and oxygen atoms in total. The highest BCUT2D eigenvalue weighted by Crippen LogP contribution is 2.28. The fraction of sp³-hybridized carbons (Fsp3) is 0.538. The van der Waals surface area contributed by atoms with Crippen LogP contribution in [0.5, 0.6) is 0 Å². The van der Waals surface area contributed by atoms with Crippen molar-refractivity contribution in [2.45, 2.75) is 30.8 Å². The van der Waals surface area contributed by atoms with Crippen LogP contribution in [0.25, 0.3) is 0 Å². The summed E-state index contributed by atoms with van der Waals surface area (Å²) in [7, 11) is -3.70. The second-order valence-corrected chi connectivity index (χ2v) is 7.07. The zero-order valence-electron chi connectivity index (χ0n) is 11.3. The van der Waals surface area contributed by atoms with Crippen LogP contribution in [0.2, 0.25) is 0 Å². The molecule has 1 aromatic rings. The monoisotopic (exact) mass is 302 g/mol. The van der Waals surface area contributed by atoms with Gasteiger partial charge in [-0.15, -0.1) is 0 Å². The number of piperidine rings is 1. The molecule has 0 aliphatic carbocycles. The molecular weight excluding hydrogens is 283 g/mol. The lowest BCUT2D eigenvalue weighted by Gasteiger charge is -2.32. The molecule has 0 radical (unpaired) electrons. The Morgan fingerprint density at radius 2 is 2.00 bits per heavy atom. The molecule has 1 heterocycles. The molecular formula is C13H19FN2O3S. The Labute approximate surface area is 118 Å². The predicted octanol–water partition coefficient (Wildman–Crippen LogP) is 1.19. The summed E-state index contributed by atoms with van der Waals surface area (Å²) >= 11 is 0. The number of rotatable bonds is 3. The van der Waals surface area contributed by atoms with Crippen LogP contribution in [0.3, 0.4) is 0 Å². The number of nitrogens with zero attached hydrogens (tertiary/aromatic N) is 1. The molecule has 1 atom stereocenters. The fourth-order valence-electron chi connectivity index (χ4n) is 2.49. The summed E-state index contributed by atoms with van der Waals surface area (Å²) in [5, 5.41) is 9.53. The lowest BCUT2D eigenvalue weighted by molar-refractivity contribution is 0.0912. The normalized spacial score (nSPS) is 19.9. The van der Waals surface area contributed by atoms with Crippen molar-refractivity contribution in [3.8, 4) is 0 Å². The summed E-state index contributed by atoms with van der Waals surface area (Å²) in [5.41, 5.74) is 5.52. The van der Waals surface area contributed by atoms with E-state index in [9.17, 15) is 17.9 Å². The summed E-state index contributed by atoms with van der Waals surface area (Å²) in [6, 6.07) is 3.29. The van der Waals surface area contributed by atoms with Gasteiger partial charge in [-0.2, -0.15) is 4.31 Å². The van der Waals surface area contributed by atoms with Gasteiger partial charge in [0.25, 0.3) is 0 Å². The molecule has 1 aliphatic rings. The van der Waals surface area contributed by atoms with Crippen molar-refractivity contribution in [2.24, 2.45) is 5.92 Å². The predicted molar refractivity (Wildman–Crippen MR) is 74.0 cm³/mol. The van der Waals surface area contributed by atoms with E-state index in [-0.39, 0.29) is 16.5 Å². The molecule has 0 aromatic heterocycles. The minimum absolute atomic E-state index is 0.0607. The van der Waals surface area contributed by atoms with Gasteiger partial charge in [0.2, 0.25) is 10.0 Å². The van der Waals surface area contributed by atoms with E-state index >= 15 is 0 Å². The largest absolute Gasteiger partial charge is 0.398 e. The van der Waals surface area contributed by atoms with E-state index in [1.54, 1.807) is 6.92 Å². The first-order chi connectivity index (χ1) is 9.32. The molecule has 0 spiro atoms. The number of hydrogen-bond acceptors (Lipinski definition) is 4. The molecule has 1 fully saturated rings. The molecule has 1 unspecified atom stereocenters. The zero-order valence-corrected chi connectivity index (χ0v) is 12.1. The lowest BCUT2D eigenvalue weighted by atomic mass is 9.93. The van der Waals surface area contributed by atoms with Gasteiger partial charge >= 0.3 is 0 Å². The van der Waals surface area contributed by atoms with Crippen LogP contribution in [0.4, 0.5) is 10.1 Å². The lowest BCUT2D eigenvalue weighted by Crippen LogP contribution is -2.40. The minimum atomic E-state index is -3.70. The Morgan fingerprint density at radius 3 is 2.50 bits per heavy atom. The van der Waals surface area contributed by atoms with Crippen LogP contribution >= 0.6 is 0 Å². The maximum Gasteiger partial charge on any atom is 0.245 e. The van der Waals surface area contributed by atoms with Gasteiger partial charge in [-0.3, -0.25) is 0 Å². The number of hydrogen-bond donors (Lipinski definition) is 2. The molecule has 3 N–H and O–H groups in total. The highest BCUT2D eigenvalue weighted by Gasteiger charge is 2.31. The Hall–Kier alpha value is -1.18. The molecule has 0 bridgehead atoms. The maximum absolute atomic E-state index is 13.0. The second-order valence-electron chi connectivity index (χ2n) is 5.16. The summed E-state index contributed by atoms with van der Waals surface area (Å²) in [5.74, 6) is -0.443. The van der Waals surface area contributed by atoms with E-state index in [1.165, 1.54) is 10.4 Å². The first-order valence-corrected chi connectivity index (χ1v) is 7.99. The van der Waals surface area contributed by atoms with Gasteiger partial charge in [-0.05, 0) is 43.9 Å². The smallest absolute Gasteiger partial charge is 0.245 e. The first-order valence-electron chi connectivity index (χ1n) is 6.55. The highest BCUT2D eigenvalue weighted by molar-refractivity contribution is 7.89. The van der Waals surface area contributed by atoms with Crippen LogP contribution < -0.4 is 5.73 Å². The van der Waals surface area contributed by atoms with Gasteiger partial charge in [-0.1, -0.05) is 0 Å². The molecule has 1 aliphatic heterocycles. The minimum Gasteiger partial charge on any atom is -0.398 e. The summed E-state index contributed by atoms with van der Waals surface area (Å²) in [6.45, 7) is 2.40. The van der Waals surface area contributed by atoms with Crippen molar-refractivity contribution < 1.29 is 17.9 Å². The van der Waals surface area contributed by atoms with Crippen LogP contribution in [0.1, 0.15) is 19.8 Å². The number of anilines is 1. The van der Waals surface area contributed by atoms with Crippen LogP contribution in [0, 0.1) is 11.7 Å². The Bertz CT molecular complexity index is 581. The van der Waals surface area contributed by atoms with E-state index in [0.717, 1.165) is 12.1 Å². The number of aliphatic hydroxyl groups is 1. The average molecular weight is 302 g/mol. The third kappa shape index (κ3) is 2.94. The molecule has 0 saturated carbocycles. The topological polar surface area (TPSA) is 83.6 Å². The molecule has 0 amide bonds. The van der Waals surface area contributed by atoms with Crippen molar-refractivity contribution >= 4 is 15.7 Å². The molecule has 7 heteroatoms. The van der Waals surface area contributed by atoms with Gasteiger partial charge in [0.15, 0.2) is 0 Å². The Kier molecular flexibility index (Phi) is 4.31. The Morgan fingerprint density at radius 1 is 1.40 bits per heavy atom. The van der Waals surface area contributed by atoms with E-state index in [4.69, 9.17) is 5.73 Å². The summed E-state index contributed by atoms with van der Waals surface area (Å²) < 4.78 is 39.3. The van der Waals surface area contributed by atoms with Crippen molar-refractivity contribution in [2.75, 3.05) is 18.8 Å². The van der Waals surface area contributed by atoms with Gasteiger partial charge < -0.3 is 10.8 Å². The molecule has 2 rings (SSSR count). The maximum atomic E-state index is 13.0.